The Kier molecular flexibility index (Phi) is 6.29. The first-order valence-electron chi connectivity index (χ1n) is 8.63. The summed E-state index contributed by atoms with van der Waals surface area (Å²) < 4.78 is 13.0. The average molecular weight is 375 g/mol. The van der Waals surface area contributed by atoms with Crippen LogP contribution in [0.1, 0.15) is 22.3 Å². The standard InChI is InChI=1S/C20H22FNO3S/c21-16-7-5-14(6-8-16)13-26-19-4-2-1-3-17(19)20(25)22-10-9-15(12-23)18(24)11-22/h1-8,15,18,23-24H,9-13H2/t15-,18-/m1/s1. The van der Waals surface area contributed by atoms with E-state index in [4.69, 9.17) is 0 Å². The molecule has 2 aromatic carbocycles. The van der Waals surface area contributed by atoms with Crippen LogP contribution in [0.3, 0.4) is 0 Å². The second kappa shape index (κ2) is 8.66. The number of amides is 1. The minimum atomic E-state index is -0.697. The third-order valence-corrected chi connectivity index (χ3v) is 5.81. The van der Waals surface area contributed by atoms with E-state index in [2.05, 4.69) is 0 Å². The third-order valence-electron chi connectivity index (χ3n) is 4.67. The fourth-order valence-corrected chi connectivity index (χ4v) is 4.06. The van der Waals surface area contributed by atoms with Gasteiger partial charge in [0.25, 0.3) is 5.91 Å². The van der Waals surface area contributed by atoms with Gasteiger partial charge in [0, 0.05) is 36.3 Å². The minimum Gasteiger partial charge on any atom is -0.396 e. The Labute approximate surface area is 156 Å². The van der Waals surface area contributed by atoms with Crippen LogP contribution in [-0.4, -0.2) is 46.8 Å². The summed E-state index contributed by atoms with van der Waals surface area (Å²) in [5, 5.41) is 19.3. The van der Waals surface area contributed by atoms with Gasteiger partial charge in [-0.05, 0) is 36.2 Å². The molecule has 1 aliphatic heterocycles. The summed E-state index contributed by atoms with van der Waals surface area (Å²) >= 11 is 1.53. The Balaban J connectivity index is 1.70. The second-order valence-corrected chi connectivity index (χ2v) is 7.48. The lowest BCUT2D eigenvalue weighted by molar-refractivity contribution is 0.000747. The zero-order chi connectivity index (χ0) is 18.5. The Bertz CT molecular complexity index is 753. The van der Waals surface area contributed by atoms with Crippen LogP contribution in [0, 0.1) is 11.7 Å². The highest BCUT2D eigenvalue weighted by molar-refractivity contribution is 7.98. The lowest BCUT2D eigenvalue weighted by atomic mass is 9.94. The molecule has 0 unspecified atom stereocenters. The molecule has 138 valence electrons. The Hall–Kier alpha value is -1.89. The monoisotopic (exact) mass is 375 g/mol. The summed E-state index contributed by atoms with van der Waals surface area (Å²) in [6, 6.07) is 13.7. The predicted octanol–water partition coefficient (Wildman–Crippen LogP) is 2.93. The van der Waals surface area contributed by atoms with Crippen molar-refractivity contribution in [2.24, 2.45) is 5.92 Å². The number of aliphatic hydroxyl groups is 2. The van der Waals surface area contributed by atoms with Crippen LogP contribution < -0.4 is 0 Å². The van der Waals surface area contributed by atoms with Crippen molar-refractivity contribution < 1.29 is 19.4 Å². The highest BCUT2D eigenvalue weighted by Crippen LogP contribution is 2.28. The van der Waals surface area contributed by atoms with Crippen molar-refractivity contribution >= 4 is 17.7 Å². The molecule has 0 saturated carbocycles. The summed E-state index contributed by atoms with van der Waals surface area (Å²) in [6.45, 7) is 0.701. The largest absolute Gasteiger partial charge is 0.396 e. The lowest BCUT2D eigenvalue weighted by Gasteiger charge is -2.35. The van der Waals surface area contributed by atoms with E-state index in [1.165, 1.54) is 23.9 Å². The molecule has 2 N–H and O–H groups in total. The first-order chi connectivity index (χ1) is 12.6. The maximum Gasteiger partial charge on any atom is 0.255 e. The molecule has 3 rings (SSSR count). The molecule has 2 atom stereocenters. The first-order valence-corrected chi connectivity index (χ1v) is 9.61. The van der Waals surface area contributed by atoms with E-state index >= 15 is 0 Å². The van der Waals surface area contributed by atoms with Gasteiger partial charge in [-0.1, -0.05) is 24.3 Å². The Morgan fingerprint density at radius 1 is 1.19 bits per heavy atom. The number of piperidine rings is 1. The van der Waals surface area contributed by atoms with Gasteiger partial charge in [-0.2, -0.15) is 0 Å². The quantitative estimate of drug-likeness (QED) is 0.789. The second-order valence-electron chi connectivity index (χ2n) is 6.46. The molecule has 0 aliphatic carbocycles. The first kappa shape index (κ1) is 18.9. The van der Waals surface area contributed by atoms with Crippen LogP contribution in [0.5, 0.6) is 0 Å². The number of rotatable bonds is 5. The summed E-state index contributed by atoms with van der Waals surface area (Å²) in [7, 11) is 0. The zero-order valence-electron chi connectivity index (χ0n) is 14.3. The van der Waals surface area contributed by atoms with Crippen molar-refractivity contribution in [2.45, 2.75) is 23.2 Å². The molecule has 0 spiro atoms. The van der Waals surface area contributed by atoms with Crippen molar-refractivity contribution in [3.8, 4) is 0 Å². The minimum absolute atomic E-state index is 0.0622. The summed E-state index contributed by atoms with van der Waals surface area (Å²) in [4.78, 5) is 15.4. The van der Waals surface area contributed by atoms with Gasteiger partial charge in [-0.25, -0.2) is 4.39 Å². The van der Waals surface area contributed by atoms with E-state index in [0.717, 1.165) is 10.5 Å². The highest BCUT2D eigenvalue weighted by Gasteiger charge is 2.30. The van der Waals surface area contributed by atoms with E-state index in [-0.39, 0.29) is 30.8 Å². The highest BCUT2D eigenvalue weighted by atomic mass is 32.2. The van der Waals surface area contributed by atoms with Gasteiger partial charge in [0.1, 0.15) is 5.82 Å². The summed E-state index contributed by atoms with van der Waals surface area (Å²) in [5.74, 6) is 0.101. The fraction of sp³-hybridized carbons (Fsp3) is 0.350. The predicted molar refractivity (Wildman–Crippen MR) is 99.5 cm³/mol. The van der Waals surface area contributed by atoms with E-state index in [1.807, 2.05) is 18.2 Å². The molecule has 6 heteroatoms. The number of hydrogen-bond acceptors (Lipinski definition) is 4. The van der Waals surface area contributed by atoms with Gasteiger partial charge in [-0.3, -0.25) is 4.79 Å². The molecule has 26 heavy (non-hydrogen) atoms. The SMILES string of the molecule is O=C(c1ccccc1SCc1ccc(F)cc1)N1CC[C@H](CO)[C@H](O)C1. The Morgan fingerprint density at radius 2 is 1.92 bits per heavy atom. The maximum atomic E-state index is 13.0. The Morgan fingerprint density at radius 3 is 2.62 bits per heavy atom. The molecule has 0 radical (unpaired) electrons. The van der Waals surface area contributed by atoms with Crippen molar-refractivity contribution in [1.82, 2.24) is 4.90 Å². The van der Waals surface area contributed by atoms with Crippen LogP contribution in [0.2, 0.25) is 0 Å². The van der Waals surface area contributed by atoms with E-state index < -0.39 is 6.10 Å². The molecule has 0 bridgehead atoms. The van der Waals surface area contributed by atoms with Crippen LogP contribution in [-0.2, 0) is 5.75 Å². The van der Waals surface area contributed by atoms with Crippen LogP contribution in [0.15, 0.2) is 53.4 Å². The molecule has 1 amide bonds. The number of β-amino-alcohol motifs (C(OH)–C–C–N with tert-alkyl or cyclic N) is 1. The van der Waals surface area contributed by atoms with Gasteiger partial charge < -0.3 is 15.1 Å². The molecule has 2 aromatic rings. The van der Waals surface area contributed by atoms with Crippen molar-refractivity contribution in [1.29, 1.82) is 0 Å². The van der Waals surface area contributed by atoms with Crippen molar-refractivity contribution in [2.75, 3.05) is 19.7 Å². The summed E-state index contributed by atoms with van der Waals surface area (Å²) in [5.41, 5.74) is 1.59. The number of carbonyl (C=O) groups excluding carboxylic acids is 1. The molecule has 1 saturated heterocycles. The topological polar surface area (TPSA) is 60.8 Å². The van der Waals surface area contributed by atoms with Crippen LogP contribution in [0.25, 0.3) is 0 Å². The van der Waals surface area contributed by atoms with Crippen LogP contribution in [0.4, 0.5) is 4.39 Å². The number of thioether (sulfide) groups is 1. The maximum absolute atomic E-state index is 13.0. The van der Waals surface area contributed by atoms with Gasteiger partial charge >= 0.3 is 0 Å². The number of carbonyl (C=O) groups is 1. The zero-order valence-corrected chi connectivity index (χ0v) is 15.2. The number of benzene rings is 2. The molecule has 1 fully saturated rings. The molecular formula is C20H22FNO3S. The van der Waals surface area contributed by atoms with E-state index in [9.17, 15) is 19.4 Å². The van der Waals surface area contributed by atoms with Crippen LogP contribution >= 0.6 is 11.8 Å². The number of halogens is 1. The molecule has 1 heterocycles. The number of likely N-dealkylation sites (tertiary alicyclic amines) is 1. The average Bonchev–Trinajstić information content (AvgIpc) is 2.67. The molecule has 4 nitrogen and oxygen atoms in total. The smallest absolute Gasteiger partial charge is 0.255 e. The molecule has 0 aromatic heterocycles. The van der Waals surface area contributed by atoms with Gasteiger partial charge in [0.15, 0.2) is 0 Å². The molecular weight excluding hydrogens is 353 g/mol. The lowest BCUT2D eigenvalue weighted by Crippen LogP contribution is -2.47. The normalized spacial score (nSPS) is 20.2. The van der Waals surface area contributed by atoms with E-state index in [1.54, 1.807) is 23.1 Å². The van der Waals surface area contributed by atoms with E-state index in [0.29, 0.717) is 24.3 Å². The van der Waals surface area contributed by atoms with Gasteiger partial charge in [-0.15, -0.1) is 11.8 Å². The van der Waals surface area contributed by atoms with Gasteiger partial charge in [0.05, 0.1) is 11.7 Å². The van der Waals surface area contributed by atoms with Crippen molar-refractivity contribution in [3.63, 3.8) is 0 Å². The number of aliphatic hydroxyl groups excluding tert-OH is 2. The molecule has 1 aliphatic rings. The fourth-order valence-electron chi connectivity index (χ4n) is 3.06. The van der Waals surface area contributed by atoms with Crippen molar-refractivity contribution in [3.05, 3.63) is 65.5 Å². The summed E-state index contributed by atoms with van der Waals surface area (Å²) in [6.07, 6.45) is -0.106. The number of nitrogens with zero attached hydrogens (tertiary/aromatic N) is 1. The third kappa shape index (κ3) is 4.44. The number of hydrogen-bond donors (Lipinski definition) is 2. The van der Waals surface area contributed by atoms with Gasteiger partial charge in [0.2, 0.25) is 0 Å².